The van der Waals surface area contributed by atoms with Crippen LogP contribution in [0.2, 0.25) is 0 Å². The summed E-state index contributed by atoms with van der Waals surface area (Å²) in [4.78, 5) is 2.39. The number of piperidine rings is 3. The van der Waals surface area contributed by atoms with Crippen LogP contribution >= 0.6 is 0 Å². The molecule has 22 heavy (non-hydrogen) atoms. The molecule has 0 radical (unpaired) electrons. The van der Waals surface area contributed by atoms with E-state index in [2.05, 4.69) is 15.4 Å². The minimum atomic E-state index is -0.451. The van der Waals surface area contributed by atoms with Crippen molar-refractivity contribution in [1.82, 2.24) is 10.2 Å². The number of hydrogen-bond acceptors (Lipinski definition) is 4. The van der Waals surface area contributed by atoms with Crippen LogP contribution in [0.1, 0.15) is 25.3 Å². The average molecular weight is 307 g/mol. The number of amidine groups is 1. The molecule has 0 saturated carbocycles. The number of nitrogens with zero attached hydrogens (tertiary/aromatic N) is 2. The van der Waals surface area contributed by atoms with Gasteiger partial charge in [-0.1, -0.05) is 5.16 Å². The van der Waals surface area contributed by atoms with Crippen LogP contribution < -0.4 is 10.1 Å². The third kappa shape index (κ3) is 3.02. The van der Waals surface area contributed by atoms with Crippen molar-refractivity contribution in [2.75, 3.05) is 26.2 Å². The van der Waals surface area contributed by atoms with Crippen molar-refractivity contribution < 1.29 is 14.3 Å². The zero-order valence-corrected chi connectivity index (χ0v) is 12.8. The molecule has 0 aliphatic carbocycles. The number of oxime groups is 1. The molecule has 0 aromatic heterocycles. The lowest BCUT2D eigenvalue weighted by atomic mass is 9.84. The summed E-state index contributed by atoms with van der Waals surface area (Å²) in [6, 6.07) is 4.80. The number of ether oxygens (including phenoxy) is 1. The second kappa shape index (κ2) is 6.52. The van der Waals surface area contributed by atoms with Gasteiger partial charge in [-0.05, 0) is 50.9 Å². The van der Waals surface area contributed by atoms with Gasteiger partial charge in [0.15, 0.2) is 5.84 Å². The molecule has 6 heteroatoms. The minimum absolute atomic E-state index is 0.194. The molecule has 0 unspecified atom stereocenters. The average Bonchev–Trinajstić information content (AvgIpc) is 2.55. The van der Waals surface area contributed by atoms with E-state index in [-0.39, 0.29) is 17.4 Å². The van der Waals surface area contributed by atoms with Crippen molar-refractivity contribution in [3.05, 3.63) is 29.6 Å². The third-order valence-electron chi connectivity index (χ3n) is 4.58. The maximum absolute atomic E-state index is 14.2. The Balaban J connectivity index is 1.74. The Labute approximate surface area is 129 Å². The van der Waals surface area contributed by atoms with E-state index in [1.807, 2.05) is 6.92 Å². The summed E-state index contributed by atoms with van der Waals surface area (Å²) >= 11 is 0. The number of nitrogens with one attached hydrogen (secondary N) is 1. The summed E-state index contributed by atoms with van der Waals surface area (Å²) in [5.74, 6) is 0.781. The molecule has 1 aromatic carbocycles. The Morgan fingerprint density at radius 3 is 2.77 bits per heavy atom. The maximum Gasteiger partial charge on any atom is 0.175 e. The number of hydrogen-bond donors (Lipinski definition) is 2. The van der Waals surface area contributed by atoms with Gasteiger partial charge in [-0.3, -0.25) is 0 Å². The molecule has 1 aromatic rings. The molecule has 0 spiro atoms. The molecule has 120 valence electrons. The van der Waals surface area contributed by atoms with Gasteiger partial charge in [-0.15, -0.1) is 0 Å². The van der Waals surface area contributed by atoms with Crippen LogP contribution in [-0.4, -0.2) is 48.2 Å². The molecule has 0 amide bonds. The van der Waals surface area contributed by atoms with Gasteiger partial charge in [0.05, 0.1) is 12.2 Å². The largest absolute Gasteiger partial charge is 0.494 e. The highest BCUT2D eigenvalue weighted by atomic mass is 19.1. The van der Waals surface area contributed by atoms with Crippen LogP contribution in [0.15, 0.2) is 23.4 Å². The molecule has 2 bridgehead atoms. The van der Waals surface area contributed by atoms with Crippen LogP contribution in [0.25, 0.3) is 0 Å². The van der Waals surface area contributed by atoms with Crippen LogP contribution in [0.5, 0.6) is 5.75 Å². The van der Waals surface area contributed by atoms with Crippen LogP contribution in [0.3, 0.4) is 0 Å². The van der Waals surface area contributed by atoms with Gasteiger partial charge >= 0.3 is 0 Å². The quantitative estimate of drug-likeness (QED) is 0.387. The standard InChI is InChI=1S/C16H22FN3O2/c1-2-22-12-3-4-13(14(17)9-12)16(19-21)18-15-10-20-7-5-11(15)6-8-20/h3-4,9,11,15,21H,2,5-8,10H2,1H3,(H,18,19)/t15-/m0/s1. The zero-order valence-electron chi connectivity index (χ0n) is 12.8. The van der Waals surface area contributed by atoms with E-state index in [0.717, 1.165) is 32.5 Å². The Morgan fingerprint density at radius 2 is 2.23 bits per heavy atom. The van der Waals surface area contributed by atoms with Crippen molar-refractivity contribution in [2.24, 2.45) is 11.1 Å². The van der Waals surface area contributed by atoms with Crippen molar-refractivity contribution in [3.8, 4) is 5.75 Å². The molecule has 3 saturated heterocycles. The number of rotatable bonds is 4. The lowest BCUT2D eigenvalue weighted by Gasteiger charge is -2.45. The van der Waals surface area contributed by atoms with Gasteiger partial charge in [0.25, 0.3) is 0 Å². The lowest BCUT2D eigenvalue weighted by molar-refractivity contribution is 0.0808. The van der Waals surface area contributed by atoms with Crippen LogP contribution in [0, 0.1) is 11.7 Å². The number of fused-ring (bicyclic) bond motifs is 3. The molecule has 5 nitrogen and oxygen atoms in total. The lowest BCUT2D eigenvalue weighted by Crippen LogP contribution is -2.57. The minimum Gasteiger partial charge on any atom is -0.494 e. The summed E-state index contributed by atoms with van der Waals surface area (Å²) in [6.45, 7) is 5.51. The molecule has 3 aliphatic rings. The van der Waals surface area contributed by atoms with E-state index in [1.54, 1.807) is 12.1 Å². The van der Waals surface area contributed by atoms with Crippen LogP contribution in [-0.2, 0) is 0 Å². The molecule has 3 aliphatic heterocycles. The second-order valence-electron chi connectivity index (χ2n) is 5.91. The fourth-order valence-corrected chi connectivity index (χ4v) is 3.41. The SMILES string of the molecule is CCOc1ccc(/C(=N\O)N[C@H]2CN3CCC2CC3)c(F)c1. The van der Waals surface area contributed by atoms with Gasteiger partial charge in [-0.2, -0.15) is 0 Å². The van der Waals surface area contributed by atoms with E-state index < -0.39 is 5.82 Å². The first kappa shape index (κ1) is 15.1. The molecule has 3 fully saturated rings. The molecule has 1 atom stereocenters. The van der Waals surface area contributed by atoms with E-state index in [0.29, 0.717) is 18.3 Å². The van der Waals surface area contributed by atoms with Gasteiger partial charge in [0.2, 0.25) is 0 Å². The van der Waals surface area contributed by atoms with Crippen LogP contribution in [0.4, 0.5) is 4.39 Å². The highest BCUT2D eigenvalue weighted by Gasteiger charge is 2.34. The van der Waals surface area contributed by atoms with Gasteiger partial charge in [0.1, 0.15) is 11.6 Å². The van der Waals surface area contributed by atoms with Crippen molar-refractivity contribution in [2.45, 2.75) is 25.8 Å². The monoisotopic (exact) mass is 307 g/mol. The van der Waals surface area contributed by atoms with Crippen molar-refractivity contribution in [1.29, 1.82) is 0 Å². The van der Waals surface area contributed by atoms with Gasteiger partial charge in [0, 0.05) is 18.7 Å². The highest BCUT2D eigenvalue weighted by Crippen LogP contribution is 2.28. The van der Waals surface area contributed by atoms with Crippen molar-refractivity contribution >= 4 is 5.84 Å². The molecule has 4 rings (SSSR count). The molecular weight excluding hydrogens is 285 g/mol. The molecule has 2 N–H and O–H groups in total. The predicted octanol–water partition coefficient (Wildman–Crippen LogP) is 2.04. The molecule has 3 heterocycles. The Hall–Kier alpha value is -1.82. The normalized spacial score (nSPS) is 27.7. The first-order chi connectivity index (χ1) is 10.7. The highest BCUT2D eigenvalue weighted by molar-refractivity contribution is 5.99. The van der Waals surface area contributed by atoms with E-state index >= 15 is 0 Å². The Kier molecular flexibility index (Phi) is 4.47. The first-order valence-electron chi connectivity index (χ1n) is 7.85. The predicted molar refractivity (Wildman–Crippen MR) is 82.0 cm³/mol. The summed E-state index contributed by atoms with van der Waals surface area (Å²) in [5, 5.41) is 15.8. The summed E-state index contributed by atoms with van der Waals surface area (Å²) in [6.07, 6.45) is 2.28. The summed E-state index contributed by atoms with van der Waals surface area (Å²) in [7, 11) is 0. The number of benzene rings is 1. The fourth-order valence-electron chi connectivity index (χ4n) is 3.41. The topological polar surface area (TPSA) is 57.1 Å². The summed E-state index contributed by atoms with van der Waals surface area (Å²) in [5.41, 5.74) is 0.266. The Bertz CT molecular complexity index is 556. The smallest absolute Gasteiger partial charge is 0.175 e. The zero-order chi connectivity index (χ0) is 15.5. The second-order valence-corrected chi connectivity index (χ2v) is 5.91. The summed E-state index contributed by atoms with van der Waals surface area (Å²) < 4.78 is 19.5. The van der Waals surface area contributed by atoms with Crippen molar-refractivity contribution in [3.63, 3.8) is 0 Å². The Morgan fingerprint density at radius 1 is 1.45 bits per heavy atom. The third-order valence-corrected chi connectivity index (χ3v) is 4.58. The molecular formula is C16H22FN3O2. The fraction of sp³-hybridized carbons (Fsp3) is 0.562. The van der Waals surface area contributed by atoms with E-state index in [4.69, 9.17) is 4.74 Å². The van der Waals surface area contributed by atoms with E-state index in [9.17, 15) is 9.60 Å². The van der Waals surface area contributed by atoms with Gasteiger partial charge in [-0.25, -0.2) is 4.39 Å². The van der Waals surface area contributed by atoms with E-state index in [1.165, 1.54) is 6.07 Å². The first-order valence-corrected chi connectivity index (χ1v) is 7.85. The number of halogens is 1. The maximum atomic E-state index is 14.2. The van der Waals surface area contributed by atoms with Gasteiger partial charge < -0.3 is 20.2 Å².